The molecular formula is C20H25N3O2. The van der Waals surface area contributed by atoms with Crippen LogP contribution < -0.4 is 10.9 Å². The lowest BCUT2D eigenvalue weighted by Gasteiger charge is -2.35. The van der Waals surface area contributed by atoms with Gasteiger partial charge in [-0.2, -0.15) is 0 Å². The first-order chi connectivity index (χ1) is 12.1. The lowest BCUT2D eigenvalue weighted by atomic mass is 9.96. The van der Waals surface area contributed by atoms with Crippen molar-refractivity contribution in [3.63, 3.8) is 0 Å². The first kappa shape index (κ1) is 17.3. The summed E-state index contributed by atoms with van der Waals surface area (Å²) < 4.78 is 1.47. The summed E-state index contributed by atoms with van der Waals surface area (Å²) >= 11 is 0. The minimum atomic E-state index is -0.186. The summed E-state index contributed by atoms with van der Waals surface area (Å²) in [5.41, 5.74) is 1.45. The molecule has 0 unspecified atom stereocenters. The van der Waals surface area contributed by atoms with E-state index >= 15 is 0 Å². The zero-order chi connectivity index (χ0) is 17.6. The van der Waals surface area contributed by atoms with Crippen LogP contribution in [0.25, 0.3) is 0 Å². The molecule has 1 atom stereocenters. The van der Waals surface area contributed by atoms with Crippen LogP contribution in [0.3, 0.4) is 0 Å². The molecular weight excluding hydrogens is 314 g/mol. The summed E-state index contributed by atoms with van der Waals surface area (Å²) in [6, 6.07) is 13.8. The molecule has 1 aliphatic rings. The topological polar surface area (TPSA) is 54.3 Å². The van der Waals surface area contributed by atoms with Gasteiger partial charge in [0.1, 0.15) is 5.69 Å². The number of pyridine rings is 1. The van der Waals surface area contributed by atoms with E-state index in [2.05, 4.69) is 17.4 Å². The Hall–Kier alpha value is -2.56. The Balaban J connectivity index is 1.66. The maximum Gasteiger partial charge on any atom is 0.322 e. The molecule has 0 aliphatic carbocycles. The van der Waals surface area contributed by atoms with Crippen molar-refractivity contribution in [3.05, 3.63) is 64.6 Å². The Labute approximate surface area is 148 Å². The fraction of sp³-hybridized carbons (Fsp3) is 0.400. The van der Waals surface area contributed by atoms with E-state index in [4.69, 9.17) is 0 Å². The quantitative estimate of drug-likeness (QED) is 0.928. The highest BCUT2D eigenvalue weighted by Crippen LogP contribution is 2.22. The number of benzene rings is 1. The van der Waals surface area contributed by atoms with Crippen molar-refractivity contribution in [2.45, 2.75) is 38.1 Å². The molecule has 1 aromatic heterocycles. The molecule has 5 heteroatoms. The largest absolute Gasteiger partial charge is 0.322 e. The van der Waals surface area contributed by atoms with E-state index in [1.54, 1.807) is 25.4 Å². The van der Waals surface area contributed by atoms with E-state index in [-0.39, 0.29) is 17.6 Å². The second-order valence-corrected chi connectivity index (χ2v) is 6.64. The number of hydrogen-bond acceptors (Lipinski definition) is 2. The number of amides is 2. The van der Waals surface area contributed by atoms with Crippen LogP contribution in [0.1, 0.15) is 31.2 Å². The smallest absolute Gasteiger partial charge is 0.322 e. The van der Waals surface area contributed by atoms with Gasteiger partial charge < -0.3 is 14.8 Å². The summed E-state index contributed by atoms with van der Waals surface area (Å²) in [4.78, 5) is 26.7. The number of carbonyl (C=O) groups is 1. The normalized spacial score (nSPS) is 17.3. The van der Waals surface area contributed by atoms with Gasteiger partial charge in [-0.15, -0.1) is 0 Å². The van der Waals surface area contributed by atoms with E-state index in [1.165, 1.54) is 10.1 Å². The standard InChI is InChI=1S/C20H25N3O2/c1-22-14-7-11-18(19(22)24)21-20(25)23-15-6-5-10-17(23)13-12-16-8-3-2-4-9-16/h2-4,7-9,11,14,17H,5-6,10,12-13,15H2,1H3,(H,21,25)/t17-/m0/s1. The Kier molecular flexibility index (Phi) is 5.53. The van der Waals surface area contributed by atoms with Crippen molar-refractivity contribution in [3.8, 4) is 0 Å². The van der Waals surface area contributed by atoms with E-state index in [0.717, 1.165) is 38.6 Å². The first-order valence-electron chi connectivity index (χ1n) is 8.92. The van der Waals surface area contributed by atoms with E-state index in [0.29, 0.717) is 5.69 Å². The second kappa shape index (κ2) is 8.01. The number of aromatic nitrogens is 1. The number of likely N-dealkylation sites (tertiary alicyclic amines) is 1. The van der Waals surface area contributed by atoms with Crippen LogP contribution in [-0.2, 0) is 13.5 Å². The Morgan fingerprint density at radius 3 is 2.76 bits per heavy atom. The lowest BCUT2D eigenvalue weighted by molar-refractivity contribution is 0.158. The predicted octanol–water partition coefficient (Wildman–Crippen LogP) is 3.40. The molecule has 1 fully saturated rings. The Bertz CT molecular complexity index is 770. The van der Waals surface area contributed by atoms with Crippen molar-refractivity contribution in [1.29, 1.82) is 0 Å². The van der Waals surface area contributed by atoms with Gasteiger partial charge in [0.2, 0.25) is 0 Å². The molecule has 2 amide bonds. The van der Waals surface area contributed by atoms with Crippen molar-refractivity contribution >= 4 is 11.7 Å². The fourth-order valence-electron chi connectivity index (χ4n) is 3.43. The van der Waals surface area contributed by atoms with Gasteiger partial charge in [0.15, 0.2) is 0 Å². The third-order valence-electron chi connectivity index (χ3n) is 4.86. The van der Waals surface area contributed by atoms with Crippen LogP contribution >= 0.6 is 0 Å². The minimum Gasteiger partial charge on any atom is -0.322 e. The minimum absolute atomic E-state index is 0.166. The Morgan fingerprint density at radius 2 is 1.96 bits per heavy atom. The number of anilines is 1. The van der Waals surface area contributed by atoms with Gasteiger partial charge >= 0.3 is 6.03 Å². The molecule has 0 spiro atoms. The number of aryl methyl sites for hydroxylation is 2. The van der Waals surface area contributed by atoms with Crippen LogP contribution in [0.15, 0.2) is 53.5 Å². The molecule has 132 valence electrons. The Morgan fingerprint density at radius 1 is 1.16 bits per heavy atom. The summed E-state index contributed by atoms with van der Waals surface area (Å²) in [6.45, 7) is 0.748. The van der Waals surface area contributed by atoms with Crippen LogP contribution in [0.4, 0.5) is 10.5 Å². The van der Waals surface area contributed by atoms with Gasteiger partial charge in [0.25, 0.3) is 5.56 Å². The molecule has 0 radical (unpaired) electrons. The van der Waals surface area contributed by atoms with Crippen molar-refractivity contribution in [2.75, 3.05) is 11.9 Å². The highest BCUT2D eigenvalue weighted by Gasteiger charge is 2.26. The van der Waals surface area contributed by atoms with Crippen molar-refractivity contribution in [1.82, 2.24) is 9.47 Å². The maximum absolute atomic E-state index is 12.7. The fourth-order valence-corrected chi connectivity index (χ4v) is 3.43. The molecule has 25 heavy (non-hydrogen) atoms. The molecule has 3 rings (SSSR count). The number of hydrogen-bond donors (Lipinski definition) is 1. The number of piperidine rings is 1. The summed E-state index contributed by atoms with van der Waals surface area (Å²) in [7, 11) is 1.68. The molecule has 0 bridgehead atoms. The van der Waals surface area contributed by atoms with Crippen LogP contribution in [0.5, 0.6) is 0 Å². The lowest BCUT2D eigenvalue weighted by Crippen LogP contribution is -2.46. The average Bonchev–Trinajstić information content (AvgIpc) is 2.65. The van der Waals surface area contributed by atoms with E-state index in [9.17, 15) is 9.59 Å². The number of rotatable bonds is 4. The van der Waals surface area contributed by atoms with Crippen LogP contribution in [-0.4, -0.2) is 28.1 Å². The zero-order valence-electron chi connectivity index (χ0n) is 14.6. The van der Waals surface area contributed by atoms with Gasteiger partial charge in [0.05, 0.1) is 0 Å². The summed E-state index contributed by atoms with van der Waals surface area (Å²) in [5, 5.41) is 2.80. The average molecular weight is 339 g/mol. The predicted molar refractivity (Wildman–Crippen MR) is 99.8 cm³/mol. The maximum atomic E-state index is 12.7. The number of carbonyl (C=O) groups excluding carboxylic acids is 1. The number of nitrogens with one attached hydrogen (secondary N) is 1. The second-order valence-electron chi connectivity index (χ2n) is 6.64. The van der Waals surface area contributed by atoms with Crippen LogP contribution in [0, 0.1) is 0 Å². The van der Waals surface area contributed by atoms with Gasteiger partial charge in [-0.1, -0.05) is 30.3 Å². The highest BCUT2D eigenvalue weighted by atomic mass is 16.2. The molecule has 1 saturated heterocycles. The number of urea groups is 1. The summed E-state index contributed by atoms with van der Waals surface area (Å²) in [5.74, 6) is 0. The van der Waals surface area contributed by atoms with Gasteiger partial charge in [0, 0.05) is 25.8 Å². The third kappa shape index (κ3) is 4.29. The van der Waals surface area contributed by atoms with E-state index < -0.39 is 0 Å². The molecule has 0 saturated carbocycles. The molecule has 2 heterocycles. The van der Waals surface area contributed by atoms with Gasteiger partial charge in [-0.25, -0.2) is 4.79 Å². The SMILES string of the molecule is Cn1cccc(NC(=O)N2CCCC[C@H]2CCc2ccccc2)c1=O. The molecule has 2 aromatic rings. The zero-order valence-corrected chi connectivity index (χ0v) is 14.6. The van der Waals surface area contributed by atoms with E-state index in [1.807, 2.05) is 23.1 Å². The first-order valence-corrected chi connectivity index (χ1v) is 8.92. The molecule has 1 aliphatic heterocycles. The van der Waals surface area contributed by atoms with Gasteiger partial charge in [-0.3, -0.25) is 4.79 Å². The molecule has 1 N–H and O–H groups in total. The van der Waals surface area contributed by atoms with Crippen molar-refractivity contribution in [2.24, 2.45) is 7.05 Å². The number of nitrogens with zero attached hydrogens (tertiary/aromatic N) is 2. The highest BCUT2D eigenvalue weighted by molar-refractivity contribution is 5.89. The molecule has 5 nitrogen and oxygen atoms in total. The van der Waals surface area contributed by atoms with Gasteiger partial charge in [-0.05, 0) is 49.8 Å². The monoisotopic (exact) mass is 339 g/mol. The van der Waals surface area contributed by atoms with Crippen molar-refractivity contribution < 1.29 is 4.79 Å². The third-order valence-corrected chi connectivity index (χ3v) is 4.86. The van der Waals surface area contributed by atoms with Crippen LogP contribution in [0.2, 0.25) is 0 Å². The molecule has 1 aromatic carbocycles. The summed E-state index contributed by atoms with van der Waals surface area (Å²) in [6.07, 6.45) is 6.78.